The summed E-state index contributed by atoms with van der Waals surface area (Å²) in [5, 5.41) is 3.26. The van der Waals surface area contributed by atoms with E-state index in [9.17, 15) is 4.79 Å². The van der Waals surface area contributed by atoms with Crippen molar-refractivity contribution in [3.05, 3.63) is 78.9 Å². The van der Waals surface area contributed by atoms with Crippen LogP contribution in [0.2, 0.25) is 0 Å². The molecule has 3 aromatic carbocycles. The molecule has 0 bridgehead atoms. The molecule has 1 aliphatic heterocycles. The van der Waals surface area contributed by atoms with Crippen LogP contribution < -0.4 is 15.0 Å². The summed E-state index contributed by atoms with van der Waals surface area (Å²) in [4.78, 5) is 16.9. The number of benzene rings is 3. The number of hydrogen-bond acceptors (Lipinski definition) is 4. The van der Waals surface area contributed by atoms with Gasteiger partial charge < -0.3 is 19.9 Å². The van der Waals surface area contributed by atoms with Crippen LogP contribution in [-0.4, -0.2) is 50.6 Å². The molecule has 1 saturated heterocycles. The number of anilines is 2. The van der Waals surface area contributed by atoms with E-state index in [-0.39, 0.29) is 5.91 Å². The first kappa shape index (κ1) is 19.8. The topological polar surface area (TPSA) is 44.8 Å². The van der Waals surface area contributed by atoms with Gasteiger partial charge in [0.2, 0.25) is 5.91 Å². The van der Waals surface area contributed by atoms with E-state index in [1.807, 2.05) is 47.4 Å². The second-order valence-electron chi connectivity index (χ2n) is 7.36. The molecule has 5 heteroatoms. The van der Waals surface area contributed by atoms with Gasteiger partial charge in [-0.3, -0.25) is 4.79 Å². The minimum atomic E-state index is 0.136. The van der Waals surface area contributed by atoms with Gasteiger partial charge in [0.1, 0.15) is 5.75 Å². The molecule has 1 fully saturated rings. The molecule has 0 saturated carbocycles. The summed E-state index contributed by atoms with van der Waals surface area (Å²) in [7, 11) is 1.67. The second kappa shape index (κ2) is 9.35. The predicted molar refractivity (Wildman–Crippen MR) is 122 cm³/mol. The first-order valence-electron chi connectivity index (χ1n) is 10.3. The van der Waals surface area contributed by atoms with Crippen LogP contribution in [-0.2, 0) is 4.79 Å². The minimum absolute atomic E-state index is 0.136. The summed E-state index contributed by atoms with van der Waals surface area (Å²) in [6, 6.07) is 26.6. The number of carbonyl (C=O) groups is 1. The third-order valence-electron chi connectivity index (χ3n) is 5.51. The van der Waals surface area contributed by atoms with Crippen molar-refractivity contribution in [2.24, 2.45) is 0 Å². The number of nitrogens with one attached hydrogen (secondary N) is 1. The average Bonchev–Trinajstić information content (AvgIpc) is 2.83. The highest BCUT2D eigenvalue weighted by Gasteiger charge is 2.21. The van der Waals surface area contributed by atoms with Crippen molar-refractivity contribution < 1.29 is 9.53 Å². The second-order valence-corrected chi connectivity index (χ2v) is 7.36. The van der Waals surface area contributed by atoms with Crippen LogP contribution in [0.4, 0.5) is 11.4 Å². The van der Waals surface area contributed by atoms with Crippen LogP contribution in [0.5, 0.6) is 5.75 Å². The van der Waals surface area contributed by atoms with Crippen molar-refractivity contribution in [2.75, 3.05) is 50.1 Å². The maximum Gasteiger partial charge on any atom is 0.241 e. The number of nitrogens with zero attached hydrogens (tertiary/aromatic N) is 2. The van der Waals surface area contributed by atoms with Gasteiger partial charge in [-0.25, -0.2) is 0 Å². The summed E-state index contributed by atoms with van der Waals surface area (Å²) in [5.74, 6) is 0.993. The molecular formula is C25H27N3O2. The van der Waals surface area contributed by atoms with Crippen LogP contribution in [0, 0.1) is 0 Å². The van der Waals surface area contributed by atoms with E-state index in [1.54, 1.807) is 7.11 Å². The summed E-state index contributed by atoms with van der Waals surface area (Å²) < 4.78 is 5.22. The minimum Gasteiger partial charge on any atom is -0.497 e. The normalized spacial score (nSPS) is 13.8. The number of rotatable bonds is 6. The van der Waals surface area contributed by atoms with Crippen molar-refractivity contribution in [2.45, 2.75) is 0 Å². The fourth-order valence-corrected chi connectivity index (χ4v) is 3.71. The molecule has 0 radical (unpaired) electrons. The highest BCUT2D eigenvalue weighted by molar-refractivity contribution is 5.81. The lowest BCUT2D eigenvalue weighted by Gasteiger charge is -2.36. The summed E-state index contributed by atoms with van der Waals surface area (Å²) >= 11 is 0. The Morgan fingerprint density at radius 3 is 2.10 bits per heavy atom. The molecular weight excluding hydrogens is 374 g/mol. The van der Waals surface area contributed by atoms with E-state index < -0.39 is 0 Å². The van der Waals surface area contributed by atoms with E-state index in [1.165, 1.54) is 16.8 Å². The molecule has 154 valence electrons. The highest BCUT2D eigenvalue weighted by Crippen LogP contribution is 2.22. The van der Waals surface area contributed by atoms with Crippen molar-refractivity contribution >= 4 is 17.3 Å². The number of amides is 1. The Morgan fingerprint density at radius 2 is 1.47 bits per heavy atom. The third-order valence-corrected chi connectivity index (χ3v) is 5.51. The average molecular weight is 402 g/mol. The Hall–Kier alpha value is -3.47. The number of ether oxygens (including phenoxy) is 1. The molecule has 1 N–H and O–H groups in total. The van der Waals surface area contributed by atoms with Gasteiger partial charge in [-0.05, 0) is 47.5 Å². The molecule has 1 heterocycles. The smallest absolute Gasteiger partial charge is 0.241 e. The molecule has 3 aromatic rings. The summed E-state index contributed by atoms with van der Waals surface area (Å²) in [6.07, 6.45) is 0. The molecule has 0 aromatic heterocycles. The fourth-order valence-electron chi connectivity index (χ4n) is 3.71. The maximum atomic E-state index is 12.6. The Kier molecular flexibility index (Phi) is 6.18. The predicted octanol–water partition coefficient (Wildman–Crippen LogP) is 4.12. The zero-order chi connectivity index (χ0) is 20.8. The van der Waals surface area contributed by atoms with Crippen LogP contribution in [0.3, 0.4) is 0 Å². The van der Waals surface area contributed by atoms with Gasteiger partial charge >= 0.3 is 0 Å². The van der Waals surface area contributed by atoms with Gasteiger partial charge in [-0.15, -0.1) is 0 Å². The van der Waals surface area contributed by atoms with Crippen LogP contribution in [0.15, 0.2) is 78.9 Å². The molecule has 5 nitrogen and oxygen atoms in total. The zero-order valence-corrected chi connectivity index (χ0v) is 17.3. The standard InChI is InChI=1S/C25H27N3O2/c1-30-24-13-11-23(12-14-24)27-15-17-28(18-16-27)25(29)19-26-22-9-7-21(8-10-22)20-5-3-2-4-6-20/h2-14,26H,15-19H2,1H3. The SMILES string of the molecule is COc1ccc(N2CCN(C(=O)CNc3ccc(-c4ccccc4)cc3)CC2)cc1. The van der Waals surface area contributed by atoms with E-state index in [4.69, 9.17) is 4.74 Å². The fraction of sp³-hybridized carbons (Fsp3) is 0.240. The van der Waals surface area contributed by atoms with Crippen LogP contribution >= 0.6 is 0 Å². The number of methoxy groups -OCH3 is 1. The van der Waals surface area contributed by atoms with E-state index in [0.29, 0.717) is 6.54 Å². The Labute approximate surface area is 177 Å². The van der Waals surface area contributed by atoms with E-state index >= 15 is 0 Å². The number of hydrogen-bond donors (Lipinski definition) is 1. The van der Waals surface area contributed by atoms with Crippen molar-refractivity contribution in [3.63, 3.8) is 0 Å². The van der Waals surface area contributed by atoms with Gasteiger partial charge in [-0.1, -0.05) is 42.5 Å². The Balaban J connectivity index is 1.26. The Morgan fingerprint density at radius 1 is 0.833 bits per heavy atom. The van der Waals surface area contributed by atoms with Gasteiger partial charge in [0, 0.05) is 37.6 Å². The molecule has 0 aliphatic carbocycles. The molecule has 30 heavy (non-hydrogen) atoms. The van der Waals surface area contributed by atoms with Gasteiger partial charge in [0.25, 0.3) is 0 Å². The highest BCUT2D eigenvalue weighted by atomic mass is 16.5. The maximum absolute atomic E-state index is 12.6. The largest absolute Gasteiger partial charge is 0.497 e. The molecule has 0 unspecified atom stereocenters. The summed E-state index contributed by atoms with van der Waals surface area (Å²) in [6.45, 7) is 3.46. The Bertz CT molecular complexity index is 948. The van der Waals surface area contributed by atoms with Crippen molar-refractivity contribution in [1.82, 2.24) is 4.90 Å². The lowest BCUT2D eigenvalue weighted by molar-refractivity contribution is -0.129. The third kappa shape index (κ3) is 4.74. The van der Waals surface area contributed by atoms with Crippen LogP contribution in [0.1, 0.15) is 0 Å². The first-order chi connectivity index (χ1) is 14.7. The zero-order valence-electron chi connectivity index (χ0n) is 17.3. The number of carbonyl (C=O) groups excluding carboxylic acids is 1. The number of piperazine rings is 1. The van der Waals surface area contributed by atoms with Gasteiger partial charge in [0.05, 0.1) is 13.7 Å². The molecule has 0 spiro atoms. The molecule has 0 atom stereocenters. The van der Waals surface area contributed by atoms with Crippen molar-refractivity contribution in [3.8, 4) is 16.9 Å². The molecule has 1 amide bonds. The lowest BCUT2D eigenvalue weighted by atomic mass is 10.1. The van der Waals surface area contributed by atoms with Crippen molar-refractivity contribution in [1.29, 1.82) is 0 Å². The monoisotopic (exact) mass is 401 g/mol. The lowest BCUT2D eigenvalue weighted by Crippen LogP contribution is -2.50. The van der Waals surface area contributed by atoms with Gasteiger partial charge in [0.15, 0.2) is 0 Å². The summed E-state index contributed by atoms with van der Waals surface area (Å²) in [5.41, 5.74) is 4.48. The van der Waals surface area contributed by atoms with Crippen LogP contribution in [0.25, 0.3) is 11.1 Å². The molecule has 4 rings (SSSR count). The quantitative estimate of drug-likeness (QED) is 0.675. The van der Waals surface area contributed by atoms with E-state index in [2.05, 4.69) is 46.6 Å². The van der Waals surface area contributed by atoms with Gasteiger partial charge in [-0.2, -0.15) is 0 Å². The molecule has 1 aliphatic rings. The van der Waals surface area contributed by atoms with E-state index in [0.717, 1.165) is 37.6 Å². The first-order valence-corrected chi connectivity index (χ1v) is 10.3.